The summed E-state index contributed by atoms with van der Waals surface area (Å²) in [5, 5.41) is 9.52. The highest BCUT2D eigenvalue weighted by molar-refractivity contribution is 5.97. The Morgan fingerprint density at radius 3 is 2.41 bits per heavy atom. The van der Waals surface area contributed by atoms with Crippen LogP contribution < -0.4 is 9.64 Å². The van der Waals surface area contributed by atoms with Crippen molar-refractivity contribution in [2.45, 2.75) is 58.1 Å². The molecular formula is C27H37N3O7. The highest BCUT2D eigenvalue weighted by Gasteiger charge is 2.43. The Morgan fingerprint density at radius 1 is 1.11 bits per heavy atom. The molecule has 2 aliphatic rings. The highest BCUT2D eigenvalue weighted by Crippen LogP contribution is 2.37. The van der Waals surface area contributed by atoms with Crippen molar-refractivity contribution in [2.75, 3.05) is 45.4 Å². The maximum absolute atomic E-state index is 13.9. The predicted molar refractivity (Wildman–Crippen MR) is 135 cm³/mol. The summed E-state index contributed by atoms with van der Waals surface area (Å²) < 4.78 is 21.4. The number of piperidine rings is 1. The molecule has 1 saturated carbocycles. The molecule has 0 aromatic heterocycles. The number of anilines is 1. The van der Waals surface area contributed by atoms with E-state index >= 15 is 0 Å². The minimum absolute atomic E-state index is 0.00950. The number of likely N-dealkylation sites (tertiary alicyclic amines) is 1. The lowest BCUT2D eigenvalue weighted by atomic mass is 9.88. The summed E-state index contributed by atoms with van der Waals surface area (Å²) in [5.74, 6) is -1.50. The first-order valence-corrected chi connectivity index (χ1v) is 12.6. The van der Waals surface area contributed by atoms with Gasteiger partial charge in [0.2, 0.25) is 5.91 Å². The first-order chi connectivity index (χ1) is 17.6. The average Bonchev–Trinajstić information content (AvgIpc) is 3.70. The zero-order valence-electron chi connectivity index (χ0n) is 22.3. The first-order valence-electron chi connectivity index (χ1n) is 12.6. The molecule has 0 bridgehead atoms. The normalized spacial score (nSPS) is 19.5. The van der Waals surface area contributed by atoms with Crippen LogP contribution in [0.5, 0.6) is 5.75 Å². The van der Waals surface area contributed by atoms with E-state index in [2.05, 4.69) is 6.07 Å². The summed E-state index contributed by atoms with van der Waals surface area (Å²) in [4.78, 5) is 42.4. The Bertz CT molecular complexity index is 1030. The number of ether oxygens (including phenoxy) is 4. The monoisotopic (exact) mass is 515 g/mol. The van der Waals surface area contributed by atoms with Gasteiger partial charge in [-0.2, -0.15) is 5.26 Å². The van der Waals surface area contributed by atoms with Gasteiger partial charge in [0, 0.05) is 51.0 Å². The third kappa shape index (κ3) is 7.59. The van der Waals surface area contributed by atoms with Crippen LogP contribution in [0.4, 0.5) is 10.5 Å². The molecule has 1 aromatic carbocycles. The second kappa shape index (κ2) is 12.3. The third-order valence-corrected chi connectivity index (χ3v) is 6.25. The third-order valence-electron chi connectivity index (χ3n) is 6.25. The molecule has 1 heterocycles. The maximum Gasteiger partial charge on any atom is 0.410 e. The van der Waals surface area contributed by atoms with Crippen LogP contribution in [0.2, 0.25) is 0 Å². The quantitative estimate of drug-likeness (QED) is 0.362. The van der Waals surface area contributed by atoms with Gasteiger partial charge in [-0.25, -0.2) is 4.79 Å². The number of carbonyl (C=O) groups excluding carboxylic acids is 3. The smallest absolute Gasteiger partial charge is 0.410 e. The second-order valence-electron chi connectivity index (χ2n) is 10.5. The minimum Gasteiger partial charge on any atom is -0.492 e. The molecule has 1 aliphatic carbocycles. The molecule has 0 unspecified atom stereocenters. The number of rotatable bonds is 9. The van der Waals surface area contributed by atoms with Crippen LogP contribution in [0.3, 0.4) is 0 Å². The summed E-state index contributed by atoms with van der Waals surface area (Å²) in [6.45, 7) is 6.48. The van der Waals surface area contributed by atoms with Gasteiger partial charge in [0.1, 0.15) is 17.4 Å². The van der Waals surface area contributed by atoms with Gasteiger partial charge in [-0.1, -0.05) is 0 Å². The zero-order valence-corrected chi connectivity index (χ0v) is 22.3. The highest BCUT2D eigenvalue weighted by atomic mass is 16.6. The predicted octanol–water partition coefficient (Wildman–Crippen LogP) is 3.52. The van der Waals surface area contributed by atoms with E-state index in [0.717, 1.165) is 12.8 Å². The van der Waals surface area contributed by atoms with Crippen molar-refractivity contribution in [1.82, 2.24) is 4.90 Å². The molecule has 10 heteroatoms. The van der Waals surface area contributed by atoms with Gasteiger partial charge in [-0.15, -0.1) is 0 Å². The van der Waals surface area contributed by atoms with Crippen molar-refractivity contribution in [3.05, 3.63) is 23.8 Å². The number of benzene rings is 1. The number of carbonyl (C=O) groups is 3. The van der Waals surface area contributed by atoms with Gasteiger partial charge in [0.15, 0.2) is 0 Å². The first kappa shape index (κ1) is 28.3. The Labute approximate surface area is 218 Å². The second-order valence-corrected chi connectivity index (χ2v) is 10.5. The van der Waals surface area contributed by atoms with Gasteiger partial charge in [-0.3, -0.25) is 9.59 Å². The summed E-state index contributed by atoms with van der Waals surface area (Å²) in [6.07, 6.45) is 2.05. The lowest BCUT2D eigenvalue weighted by Gasteiger charge is -2.38. The van der Waals surface area contributed by atoms with E-state index in [1.54, 1.807) is 51.0 Å². The molecule has 0 spiro atoms. The number of methoxy groups -OCH3 is 2. The van der Waals surface area contributed by atoms with Crippen LogP contribution in [0.25, 0.3) is 0 Å². The number of esters is 1. The van der Waals surface area contributed by atoms with Crippen molar-refractivity contribution in [3.63, 3.8) is 0 Å². The van der Waals surface area contributed by atoms with Crippen LogP contribution in [-0.2, 0) is 23.8 Å². The van der Waals surface area contributed by atoms with E-state index in [9.17, 15) is 19.6 Å². The molecule has 37 heavy (non-hydrogen) atoms. The number of nitrogens with zero attached hydrogens (tertiary/aromatic N) is 3. The van der Waals surface area contributed by atoms with Gasteiger partial charge in [-0.05, 0) is 52.2 Å². The van der Waals surface area contributed by atoms with Crippen LogP contribution in [0.15, 0.2) is 18.2 Å². The molecule has 1 saturated heterocycles. The van der Waals surface area contributed by atoms with Gasteiger partial charge >= 0.3 is 12.1 Å². The fourth-order valence-electron chi connectivity index (χ4n) is 4.40. The van der Waals surface area contributed by atoms with Crippen molar-refractivity contribution >= 4 is 23.7 Å². The number of amides is 2. The SMILES string of the molecule is COCCCOc1cc(N(C(=O)[C@@H]2C[C@H](C(=O)OC)CN(C(=O)OC(C)(C)C)C2)C2CC2)ccc1C#N. The van der Waals surface area contributed by atoms with E-state index < -0.39 is 29.5 Å². The van der Waals surface area contributed by atoms with Crippen LogP contribution in [0, 0.1) is 23.2 Å². The molecule has 2 amide bonds. The van der Waals surface area contributed by atoms with E-state index in [0.29, 0.717) is 36.6 Å². The Hall–Kier alpha value is -3.32. The fraction of sp³-hybridized carbons (Fsp3) is 0.630. The molecule has 1 aliphatic heterocycles. The summed E-state index contributed by atoms with van der Waals surface area (Å²) in [6, 6.07) is 7.24. The topological polar surface area (TPSA) is 118 Å². The Balaban J connectivity index is 1.86. The fourth-order valence-corrected chi connectivity index (χ4v) is 4.40. The average molecular weight is 516 g/mol. The van der Waals surface area contributed by atoms with Crippen LogP contribution >= 0.6 is 0 Å². The largest absolute Gasteiger partial charge is 0.492 e. The molecule has 2 fully saturated rings. The molecule has 0 radical (unpaired) electrons. The molecule has 1 aromatic rings. The summed E-state index contributed by atoms with van der Waals surface area (Å²) in [5.41, 5.74) is 0.290. The van der Waals surface area contributed by atoms with E-state index in [1.165, 1.54) is 12.0 Å². The van der Waals surface area contributed by atoms with Crippen molar-refractivity contribution in [1.29, 1.82) is 5.26 Å². The van der Waals surface area contributed by atoms with Crippen LogP contribution in [0.1, 0.15) is 52.0 Å². The lowest BCUT2D eigenvalue weighted by molar-refractivity contribution is -0.148. The zero-order chi connectivity index (χ0) is 27.2. The maximum atomic E-state index is 13.9. The van der Waals surface area contributed by atoms with Gasteiger partial charge in [0.25, 0.3) is 0 Å². The summed E-state index contributed by atoms with van der Waals surface area (Å²) >= 11 is 0. The van der Waals surface area contributed by atoms with Gasteiger partial charge < -0.3 is 28.7 Å². The molecule has 10 nitrogen and oxygen atoms in total. The molecule has 2 atom stereocenters. The van der Waals surface area contributed by atoms with E-state index in [-0.39, 0.29) is 31.5 Å². The number of hydrogen-bond acceptors (Lipinski definition) is 8. The van der Waals surface area contributed by atoms with Crippen molar-refractivity contribution < 1.29 is 33.3 Å². The molecule has 202 valence electrons. The molecule has 0 N–H and O–H groups in total. The minimum atomic E-state index is -0.711. The Morgan fingerprint density at radius 2 is 1.81 bits per heavy atom. The van der Waals surface area contributed by atoms with Crippen LogP contribution in [-0.4, -0.2) is 75.0 Å². The summed E-state index contributed by atoms with van der Waals surface area (Å²) in [7, 11) is 2.91. The van der Waals surface area contributed by atoms with E-state index in [1.807, 2.05) is 0 Å². The van der Waals surface area contributed by atoms with Gasteiger partial charge in [0.05, 0.1) is 31.1 Å². The number of nitriles is 1. The van der Waals surface area contributed by atoms with Crippen molar-refractivity contribution in [3.8, 4) is 11.8 Å². The molecule has 3 rings (SSSR count). The van der Waals surface area contributed by atoms with Crippen molar-refractivity contribution in [2.24, 2.45) is 11.8 Å². The standard InChI is InChI=1S/C27H37N3O7/c1-27(2,3)37-26(33)29-16-19(13-20(17-29)25(32)35-5)24(31)30(21-9-10-21)22-8-7-18(15-28)23(14-22)36-12-6-11-34-4/h7-8,14,19-21H,6,9-13,16-17H2,1-5H3/t19-,20+/m1/s1. The van der Waals surface area contributed by atoms with E-state index in [4.69, 9.17) is 18.9 Å². The number of hydrogen-bond donors (Lipinski definition) is 0. The lowest BCUT2D eigenvalue weighted by Crippen LogP contribution is -2.52. The Kier molecular flexibility index (Phi) is 9.38. The molecular weight excluding hydrogens is 478 g/mol.